The van der Waals surface area contributed by atoms with Crippen LogP contribution in [0.4, 0.5) is 30.7 Å². The summed E-state index contributed by atoms with van der Waals surface area (Å²) in [4.78, 5) is 0. The van der Waals surface area contributed by atoms with Crippen molar-refractivity contribution in [3.05, 3.63) is 35.4 Å². The quantitative estimate of drug-likeness (QED) is 0.717. The van der Waals surface area contributed by atoms with Crippen LogP contribution in [-0.2, 0) is 4.74 Å². The van der Waals surface area contributed by atoms with Crippen LogP contribution in [0.15, 0.2) is 24.3 Å². The maximum Gasteiger partial charge on any atom is 0.431 e. The van der Waals surface area contributed by atoms with Crippen molar-refractivity contribution in [1.82, 2.24) is 0 Å². The lowest BCUT2D eigenvalue weighted by molar-refractivity contribution is -0.348. The van der Waals surface area contributed by atoms with Crippen molar-refractivity contribution in [3.63, 3.8) is 0 Å². The van der Waals surface area contributed by atoms with Crippen molar-refractivity contribution in [3.8, 4) is 0 Å². The van der Waals surface area contributed by atoms with Crippen molar-refractivity contribution >= 4 is 0 Å². The largest absolute Gasteiger partial charge is 0.431 e. The average Bonchev–Trinajstić information content (AvgIpc) is 2.34. The van der Waals surface area contributed by atoms with E-state index in [4.69, 9.17) is 0 Å². The van der Waals surface area contributed by atoms with Gasteiger partial charge in [0.25, 0.3) is 0 Å². The van der Waals surface area contributed by atoms with Crippen LogP contribution < -0.4 is 0 Å². The maximum atomic E-state index is 13.7. The molecule has 1 nitrogen and oxygen atoms in total. The normalized spacial score (nSPS) is 15.1. The second kappa shape index (κ2) is 5.82. The summed E-state index contributed by atoms with van der Waals surface area (Å²) < 4.78 is 93.8. The molecule has 0 heterocycles. The second-order valence-electron chi connectivity index (χ2n) is 4.58. The predicted molar refractivity (Wildman–Crippen MR) is 61.5 cm³/mol. The highest BCUT2D eigenvalue weighted by atomic mass is 19.4. The highest BCUT2D eigenvalue weighted by molar-refractivity contribution is 5.28. The first-order chi connectivity index (χ1) is 9.44. The van der Waals surface area contributed by atoms with Crippen LogP contribution >= 0.6 is 0 Å². The van der Waals surface area contributed by atoms with Gasteiger partial charge in [-0.05, 0) is 18.1 Å². The molecule has 0 aliphatic carbocycles. The first-order valence-corrected chi connectivity index (χ1v) is 5.84. The summed E-state index contributed by atoms with van der Waals surface area (Å²) in [5.41, 5.74) is -4.84. The summed E-state index contributed by atoms with van der Waals surface area (Å²) >= 11 is 0. The predicted octanol–water partition coefficient (Wildman–Crippen LogP) is 4.91. The minimum atomic E-state index is -6.08. The molecule has 0 fully saturated rings. The monoisotopic (exact) mass is 318 g/mol. The van der Waals surface area contributed by atoms with Crippen molar-refractivity contribution in [2.75, 3.05) is 7.11 Å². The second-order valence-corrected chi connectivity index (χ2v) is 4.58. The van der Waals surface area contributed by atoms with E-state index in [-0.39, 0.29) is 5.56 Å². The molecule has 8 heteroatoms. The van der Waals surface area contributed by atoms with Crippen LogP contribution in [-0.4, -0.2) is 25.1 Å². The molecular formula is C13H13F7O. The van der Waals surface area contributed by atoms with Gasteiger partial charge in [-0.3, -0.25) is 0 Å². The number of benzene rings is 1. The molecular weight excluding hydrogens is 305 g/mol. The number of ether oxygens (including phenoxy) is 1. The Balaban J connectivity index is 3.22. The molecule has 0 aliphatic heterocycles. The molecule has 1 unspecified atom stereocenters. The first kappa shape index (κ1) is 17.7. The Labute approximate surface area is 116 Å². The van der Waals surface area contributed by atoms with Gasteiger partial charge in [-0.15, -0.1) is 0 Å². The number of rotatable bonds is 4. The third-order valence-electron chi connectivity index (χ3n) is 3.19. The summed E-state index contributed by atoms with van der Waals surface area (Å²) in [6.07, 6.45) is -15.7. The van der Waals surface area contributed by atoms with Gasteiger partial charge in [0.2, 0.25) is 0 Å². The van der Waals surface area contributed by atoms with Crippen molar-refractivity contribution in [2.24, 2.45) is 0 Å². The van der Waals surface area contributed by atoms with Gasteiger partial charge in [0.05, 0.1) is 6.10 Å². The minimum absolute atomic E-state index is 0.0792. The highest BCUT2D eigenvalue weighted by Gasteiger charge is 2.72. The first-order valence-electron chi connectivity index (χ1n) is 5.84. The van der Waals surface area contributed by atoms with Crippen molar-refractivity contribution in [2.45, 2.75) is 37.5 Å². The Morgan fingerprint density at radius 2 is 1.43 bits per heavy atom. The summed E-state index contributed by atoms with van der Waals surface area (Å²) in [6.45, 7) is 1.49. The molecule has 0 radical (unpaired) electrons. The Kier molecular flexibility index (Phi) is 4.92. The van der Waals surface area contributed by atoms with E-state index in [0.717, 1.165) is 7.11 Å². The van der Waals surface area contributed by atoms with E-state index in [1.165, 1.54) is 25.1 Å². The third-order valence-corrected chi connectivity index (χ3v) is 3.19. The molecule has 1 aromatic carbocycles. The minimum Gasteiger partial charge on any atom is -0.377 e. The van der Waals surface area contributed by atoms with Crippen LogP contribution in [0.25, 0.3) is 0 Å². The van der Waals surface area contributed by atoms with Crippen molar-refractivity contribution in [1.29, 1.82) is 0 Å². The molecule has 0 saturated heterocycles. The smallest absolute Gasteiger partial charge is 0.377 e. The number of methoxy groups -OCH3 is 1. The molecule has 0 bridgehead atoms. The van der Waals surface area contributed by atoms with Crippen molar-refractivity contribution < 1.29 is 35.5 Å². The zero-order chi connectivity index (χ0) is 16.5. The van der Waals surface area contributed by atoms with Gasteiger partial charge < -0.3 is 4.74 Å². The molecule has 120 valence electrons. The van der Waals surface area contributed by atoms with Crippen LogP contribution in [0, 0.1) is 6.92 Å². The van der Waals surface area contributed by atoms with Gasteiger partial charge in [-0.1, -0.05) is 24.3 Å². The molecule has 21 heavy (non-hydrogen) atoms. The van der Waals surface area contributed by atoms with Gasteiger partial charge in [0.15, 0.2) is 0 Å². The highest BCUT2D eigenvalue weighted by Crippen LogP contribution is 2.51. The van der Waals surface area contributed by atoms with E-state index >= 15 is 0 Å². The fourth-order valence-electron chi connectivity index (χ4n) is 1.92. The van der Waals surface area contributed by atoms with Crippen LogP contribution in [0.2, 0.25) is 0 Å². The number of hydrogen-bond acceptors (Lipinski definition) is 1. The SMILES string of the molecule is COC(CC(F)(C(F)(F)F)C(F)(F)F)c1ccccc1C. The summed E-state index contributed by atoms with van der Waals surface area (Å²) in [7, 11) is 0.935. The van der Waals surface area contributed by atoms with Gasteiger partial charge in [-0.25, -0.2) is 4.39 Å². The summed E-state index contributed by atoms with van der Waals surface area (Å²) in [5, 5.41) is 0. The zero-order valence-corrected chi connectivity index (χ0v) is 11.1. The zero-order valence-electron chi connectivity index (χ0n) is 11.1. The lowest BCUT2D eigenvalue weighted by atomic mass is 9.91. The third kappa shape index (κ3) is 3.48. The van der Waals surface area contributed by atoms with E-state index < -0.39 is 30.5 Å². The maximum absolute atomic E-state index is 13.7. The van der Waals surface area contributed by atoms with Gasteiger partial charge >= 0.3 is 18.0 Å². The number of halogens is 7. The average molecular weight is 318 g/mol. The number of hydrogen-bond donors (Lipinski definition) is 0. The molecule has 0 amide bonds. The molecule has 0 N–H and O–H groups in total. The summed E-state index contributed by atoms with van der Waals surface area (Å²) in [6, 6.07) is 5.77. The topological polar surface area (TPSA) is 9.23 Å². The molecule has 0 aliphatic rings. The molecule has 1 aromatic rings. The van der Waals surface area contributed by atoms with Gasteiger partial charge in [0, 0.05) is 13.5 Å². The fraction of sp³-hybridized carbons (Fsp3) is 0.538. The molecule has 0 spiro atoms. The Morgan fingerprint density at radius 3 is 1.81 bits per heavy atom. The van der Waals surface area contributed by atoms with Gasteiger partial charge in [0.1, 0.15) is 0 Å². The lowest BCUT2D eigenvalue weighted by Gasteiger charge is -2.33. The Bertz CT molecular complexity index is 464. The van der Waals surface area contributed by atoms with Crippen LogP contribution in [0.3, 0.4) is 0 Å². The number of alkyl halides is 7. The standard InChI is InChI=1S/C13H13F7O/c1-8-5-3-4-6-9(8)10(21-2)7-11(14,12(15,16)17)13(18,19)20/h3-6,10H,7H2,1-2H3. The molecule has 1 atom stereocenters. The molecule has 1 rings (SSSR count). The Morgan fingerprint density at radius 1 is 0.952 bits per heavy atom. The van der Waals surface area contributed by atoms with E-state index in [0.29, 0.717) is 5.56 Å². The lowest BCUT2D eigenvalue weighted by Crippen LogP contribution is -2.54. The molecule has 0 aromatic heterocycles. The van der Waals surface area contributed by atoms with E-state index in [1.54, 1.807) is 6.07 Å². The van der Waals surface area contributed by atoms with Gasteiger partial charge in [-0.2, -0.15) is 26.3 Å². The van der Waals surface area contributed by atoms with E-state index in [1.807, 2.05) is 0 Å². The van der Waals surface area contributed by atoms with E-state index in [2.05, 4.69) is 4.74 Å². The summed E-state index contributed by atoms with van der Waals surface area (Å²) in [5.74, 6) is 0. The van der Waals surface area contributed by atoms with E-state index in [9.17, 15) is 30.7 Å². The van der Waals surface area contributed by atoms with Crippen LogP contribution in [0.5, 0.6) is 0 Å². The number of aryl methyl sites for hydroxylation is 1. The fourth-order valence-corrected chi connectivity index (χ4v) is 1.92. The molecule has 0 saturated carbocycles. The Hall–Kier alpha value is -1.31. The van der Waals surface area contributed by atoms with Crippen LogP contribution in [0.1, 0.15) is 23.7 Å².